The SMILES string of the molecule is CCc1c(-c2ccc(OC)c(OC)c2)c(=O)[nH]c2ccc(C3CCN(C4CCN(C(C)C)CC4)CC3)cc12. The van der Waals surface area contributed by atoms with Gasteiger partial charge in [-0.2, -0.15) is 0 Å². The van der Waals surface area contributed by atoms with Gasteiger partial charge >= 0.3 is 0 Å². The molecule has 1 N–H and O–H groups in total. The van der Waals surface area contributed by atoms with Crippen LogP contribution in [0.1, 0.15) is 63.5 Å². The molecule has 0 atom stereocenters. The van der Waals surface area contributed by atoms with E-state index in [1.165, 1.54) is 57.4 Å². The lowest BCUT2D eigenvalue weighted by Gasteiger charge is -2.43. The lowest BCUT2D eigenvalue weighted by Crippen LogP contribution is -2.48. The molecule has 5 rings (SSSR count). The third-order valence-electron chi connectivity index (χ3n) is 8.92. The first kappa shape index (κ1) is 26.8. The average molecular weight is 518 g/mol. The summed E-state index contributed by atoms with van der Waals surface area (Å²) in [6.07, 6.45) is 5.77. The summed E-state index contributed by atoms with van der Waals surface area (Å²) in [7, 11) is 3.25. The molecule has 0 aliphatic carbocycles. The molecule has 2 fully saturated rings. The van der Waals surface area contributed by atoms with E-state index in [1.54, 1.807) is 14.2 Å². The van der Waals surface area contributed by atoms with Gasteiger partial charge in [-0.1, -0.05) is 19.1 Å². The molecule has 38 heavy (non-hydrogen) atoms. The number of likely N-dealkylation sites (tertiary alicyclic amines) is 2. The van der Waals surface area contributed by atoms with E-state index in [4.69, 9.17) is 9.47 Å². The van der Waals surface area contributed by atoms with Crippen molar-refractivity contribution in [2.75, 3.05) is 40.4 Å². The summed E-state index contributed by atoms with van der Waals surface area (Å²) >= 11 is 0. The molecular weight excluding hydrogens is 474 g/mol. The molecule has 6 heteroatoms. The minimum absolute atomic E-state index is 0.0638. The molecular formula is C32H43N3O3. The van der Waals surface area contributed by atoms with Crippen molar-refractivity contribution in [2.24, 2.45) is 0 Å². The number of nitrogens with zero attached hydrogens (tertiary/aromatic N) is 2. The summed E-state index contributed by atoms with van der Waals surface area (Å²) < 4.78 is 10.9. The van der Waals surface area contributed by atoms with Crippen LogP contribution >= 0.6 is 0 Å². The van der Waals surface area contributed by atoms with Gasteiger partial charge in [0.2, 0.25) is 0 Å². The number of aromatic nitrogens is 1. The van der Waals surface area contributed by atoms with Gasteiger partial charge in [0.15, 0.2) is 11.5 Å². The van der Waals surface area contributed by atoms with E-state index in [9.17, 15) is 4.79 Å². The van der Waals surface area contributed by atoms with Crippen LogP contribution in [-0.4, -0.2) is 67.3 Å². The Labute approximate surface area is 226 Å². The van der Waals surface area contributed by atoms with Gasteiger partial charge in [-0.05, 0) is 119 Å². The van der Waals surface area contributed by atoms with E-state index < -0.39 is 0 Å². The minimum Gasteiger partial charge on any atom is -0.493 e. The second kappa shape index (κ2) is 11.5. The van der Waals surface area contributed by atoms with Gasteiger partial charge < -0.3 is 24.3 Å². The normalized spacial score (nSPS) is 18.4. The zero-order valence-corrected chi connectivity index (χ0v) is 23.7. The second-order valence-electron chi connectivity index (χ2n) is 11.2. The van der Waals surface area contributed by atoms with Gasteiger partial charge in [-0.25, -0.2) is 0 Å². The molecule has 0 radical (unpaired) electrons. The Kier molecular flexibility index (Phi) is 8.10. The van der Waals surface area contributed by atoms with Gasteiger partial charge in [-0.15, -0.1) is 0 Å². The largest absolute Gasteiger partial charge is 0.493 e. The maximum absolute atomic E-state index is 13.3. The van der Waals surface area contributed by atoms with Crippen LogP contribution in [-0.2, 0) is 6.42 Å². The summed E-state index contributed by atoms with van der Waals surface area (Å²) in [6, 6.07) is 13.8. The lowest BCUT2D eigenvalue weighted by molar-refractivity contribution is 0.0753. The maximum Gasteiger partial charge on any atom is 0.256 e. The monoisotopic (exact) mass is 517 g/mol. The summed E-state index contributed by atoms with van der Waals surface area (Å²) in [4.78, 5) is 21.8. The number of H-pyrrole nitrogens is 1. The van der Waals surface area contributed by atoms with Crippen LogP contribution in [0, 0.1) is 0 Å². The smallest absolute Gasteiger partial charge is 0.256 e. The molecule has 0 spiro atoms. The fourth-order valence-corrected chi connectivity index (χ4v) is 6.66. The minimum atomic E-state index is -0.0638. The van der Waals surface area contributed by atoms with Crippen LogP contribution in [0.5, 0.6) is 11.5 Å². The topological polar surface area (TPSA) is 57.8 Å². The predicted molar refractivity (Wildman–Crippen MR) is 156 cm³/mol. The first-order chi connectivity index (χ1) is 18.4. The van der Waals surface area contributed by atoms with Crippen LogP contribution < -0.4 is 15.0 Å². The van der Waals surface area contributed by atoms with Gasteiger partial charge in [0.1, 0.15) is 0 Å². The molecule has 2 saturated heterocycles. The van der Waals surface area contributed by atoms with E-state index in [1.807, 2.05) is 18.2 Å². The number of piperidine rings is 2. The van der Waals surface area contributed by atoms with Crippen molar-refractivity contribution in [2.45, 2.75) is 70.9 Å². The van der Waals surface area contributed by atoms with E-state index >= 15 is 0 Å². The van der Waals surface area contributed by atoms with Gasteiger partial charge in [0.25, 0.3) is 5.56 Å². The number of nitrogens with one attached hydrogen (secondary N) is 1. The molecule has 0 saturated carbocycles. The average Bonchev–Trinajstić information content (AvgIpc) is 2.96. The van der Waals surface area contributed by atoms with E-state index in [0.29, 0.717) is 23.5 Å². The number of pyridine rings is 1. The van der Waals surface area contributed by atoms with Gasteiger partial charge in [0, 0.05) is 23.0 Å². The zero-order chi connectivity index (χ0) is 26.8. The van der Waals surface area contributed by atoms with Crippen LogP contribution in [0.4, 0.5) is 0 Å². The molecule has 0 unspecified atom stereocenters. The van der Waals surface area contributed by atoms with E-state index in [2.05, 4.69) is 53.8 Å². The first-order valence-corrected chi connectivity index (χ1v) is 14.3. The molecule has 3 aromatic rings. The molecule has 0 amide bonds. The third-order valence-corrected chi connectivity index (χ3v) is 8.92. The van der Waals surface area contributed by atoms with Crippen LogP contribution in [0.25, 0.3) is 22.0 Å². The number of aryl methyl sites for hydroxylation is 1. The van der Waals surface area contributed by atoms with Gasteiger partial charge in [0.05, 0.1) is 19.8 Å². The Morgan fingerprint density at radius 3 is 2.26 bits per heavy atom. The van der Waals surface area contributed by atoms with Crippen molar-refractivity contribution in [3.8, 4) is 22.6 Å². The molecule has 204 valence electrons. The fourth-order valence-electron chi connectivity index (χ4n) is 6.66. The molecule has 2 aromatic carbocycles. The highest BCUT2D eigenvalue weighted by atomic mass is 16.5. The molecule has 2 aliphatic rings. The highest BCUT2D eigenvalue weighted by Crippen LogP contribution is 2.36. The van der Waals surface area contributed by atoms with Crippen molar-refractivity contribution in [3.63, 3.8) is 0 Å². The summed E-state index contributed by atoms with van der Waals surface area (Å²) in [5.74, 6) is 1.85. The van der Waals surface area contributed by atoms with Crippen molar-refractivity contribution in [1.29, 1.82) is 0 Å². The quantitative estimate of drug-likeness (QED) is 0.428. The number of fused-ring (bicyclic) bond motifs is 1. The first-order valence-electron chi connectivity index (χ1n) is 14.3. The fraction of sp³-hybridized carbons (Fsp3) is 0.531. The molecule has 3 heterocycles. The van der Waals surface area contributed by atoms with Crippen molar-refractivity contribution < 1.29 is 9.47 Å². The number of aromatic amines is 1. The standard InChI is InChI=1S/C32H43N3O3/c1-6-26-27-19-23(22-11-15-35(16-12-22)25-13-17-34(18-14-25)21(2)3)7-9-28(27)33-32(36)31(26)24-8-10-29(37-4)30(20-24)38-5/h7-10,19-22,25H,6,11-18H2,1-5H3,(H,33,36). The van der Waals surface area contributed by atoms with Crippen LogP contribution in [0.15, 0.2) is 41.2 Å². The second-order valence-corrected chi connectivity index (χ2v) is 11.2. The number of hydrogen-bond donors (Lipinski definition) is 1. The maximum atomic E-state index is 13.3. The highest BCUT2D eigenvalue weighted by Gasteiger charge is 2.29. The summed E-state index contributed by atoms with van der Waals surface area (Å²) in [5, 5.41) is 1.15. The number of methoxy groups -OCH3 is 2. The third kappa shape index (κ3) is 5.21. The highest BCUT2D eigenvalue weighted by molar-refractivity contribution is 5.89. The summed E-state index contributed by atoms with van der Waals surface area (Å²) in [6.45, 7) is 11.6. The number of ether oxygens (including phenoxy) is 2. The lowest BCUT2D eigenvalue weighted by atomic mass is 9.86. The Bertz CT molecular complexity index is 1320. The molecule has 6 nitrogen and oxygen atoms in total. The summed E-state index contributed by atoms with van der Waals surface area (Å²) in [5.41, 5.74) is 4.91. The zero-order valence-electron chi connectivity index (χ0n) is 23.7. The molecule has 0 bridgehead atoms. The Morgan fingerprint density at radius 1 is 0.921 bits per heavy atom. The molecule has 1 aromatic heterocycles. The van der Waals surface area contributed by atoms with E-state index in [-0.39, 0.29) is 5.56 Å². The Hall–Kier alpha value is -2.83. The van der Waals surface area contributed by atoms with Crippen LogP contribution in [0.2, 0.25) is 0 Å². The predicted octanol–water partition coefficient (Wildman–Crippen LogP) is 5.83. The Balaban J connectivity index is 1.39. The Morgan fingerprint density at radius 2 is 1.63 bits per heavy atom. The number of rotatable bonds is 7. The van der Waals surface area contributed by atoms with Gasteiger partial charge in [-0.3, -0.25) is 4.79 Å². The van der Waals surface area contributed by atoms with E-state index in [0.717, 1.165) is 40.1 Å². The number of hydrogen-bond acceptors (Lipinski definition) is 5. The van der Waals surface area contributed by atoms with Crippen LogP contribution in [0.3, 0.4) is 0 Å². The number of benzene rings is 2. The molecule has 2 aliphatic heterocycles. The van der Waals surface area contributed by atoms with Crippen molar-refractivity contribution >= 4 is 10.9 Å². The van der Waals surface area contributed by atoms with Crippen molar-refractivity contribution in [1.82, 2.24) is 14.8 Å². The van der Waals surface area contributed by atoms with Crippen molar-refractivity contribution in [3.05, 3.63) is 57.9 Å².